The van der Waals surface area contributed by atoms with Crippen molar-refractivity contribution in [1.82, 2.24) is 4.90 Å². The van der Waals surface area contributed by atoms with Crippen molar-refractivity contribution in [2.45, 2.75) is 143 Å². The van der Waals surface area contributed by atoms with Gasteiger partial charge in [-0.25, -0.2) is 4.79 Å². The number of carbonyl (C=O) groups excluding carboxylic acids is 1. The van der Waals surface area contributed by atoms with E-state index in [2.05, 4.69) is 34.6 Å². The third-order valence-electron chi connectivity index (χ3n) is 15.7. The molecule has 2 spiro atoms. The summed E-state index contributed by atoms with van der Waals surface area (Å²) in [7, 11) is 0. The van der Waals surface area contributed by atoms with Crippen LogP contribution in [-0.4, -0.2) is 90.2 Å². The third-order valence-corrected chi connectivity index (χ3v) is 15.7. The van der Waals surface area contributed by atoms with Gasteiger partial charge in [-0.3, -0.25) is 0 Å². The summed E-state index contributed by atoms with van der Waals surface area (Å²) in [4.78, 5) is 15.0. The van der Waals surface area contributed by atoms with Crippen LogP contribution in [0.1, 0.15) is 107 Å². The molecule has 1 amide bonds. The molecule has 45 heavy (non-hydrogen) atoms. The molecule has 0 radical (unpaired) electrons. The minimum Gasteiger partial charge on any atom is -0.446 e. The molecule has 0 aromatic carbocycles. The Balaban J connectivity index is 1.14. The Morgan fingerprint density at radius 3 is 2.36 bits per heavy atom. The summed E-state index contributed by atoms with van der Waals surface area (Å²) < 4.78 is 24.8. The Kier molecular flexibility index (Phi) is 7.63. The van der Waals surface area contributed by atoms with Gasteiger partial charge in [0.25, 0.3) is 0 Å². The molecule has 0 aromatic rings. The zero-order valence-corrected chi connectivity index (χ0v) is 29.3. The summed E-state index contributed by atoms with van der Waals surface area (Å²) in [6.07, 6.45) is 7.04. The molecule has 256 valence electrons. The number of ether oxygens (including phenoxy) is 4. The smallest absolute Gasteiger partial charge is 0.410 e. The molecule has 7 fully saturated rings. The van der Waals surface area contributed by atoms with E-state index in [4.69, 9.17) is 18.9 Å². The van der Waals surface area contributed by atoms with Gasteiger partial charge in [0.05, 0.1) is 37.1 Å². The highest BCUT2D eigenvalue weighted by Gasteiger charge is 2.84. The van der Waals surface area contributed by atoms with Gasteiger partial charge in [-0.2, -0.15) is 0 Å². The van der Waals surface area contributed by atoms with Crippen LogP contribution in [0.5, 0.6) is 0 Å². The van der Waals surface area contributed by atoms with Gasteiger partial charge in [-0.05, 0) is 112 Å². The van der Waals surface area contributed by atoms with Crippen molar-refractivity contribution in [2.75, 3.05) is 32.9 Å². The average Bonchev–Trinajstić information content (AvgIpc) is 3.61. The van der Waals surface area contributed by atoms with Gasteiger partial charge in [-0.1, -0.05) is 34.6 Å². The van der Waals surface area contributed by atoms with Gasteiger partial charge in [0, 0.05) is 30.5 Å². The minimum absolute atomic E-state index is 0.00967. The molecule has 0 aromatic heterocycles. The number of carbonyl (C=O) groups is 1. The quantitative estimate of drug-likeness (QED) is 0.395. The second-order valence-corrected chi connectivity index (χ2v) is 18.1. The van der Waals surface area contributed by atoms with Crippen molar-refractivity contribution < 1.29 is 34.0 Å². The fraction of sp³-hybridized carbons (Fsp3) is 0.973. The van der Waals surface area contributed by atoms with Crippen LogP contribution in [0, 0.1) is 50.7 Å². The van der Waals surface area contributed by atoms with Gasteiger partial charge in [0.1, 0.15) is 12.2 Å². The first-order chi connectivity index (χ1) is 21.1. The first kappa shape index (κ1) is 32.6. The lowest BCUT2D eigenvalue weighted by molar-refractivity contribution is -0.215. The molecular weight excluding hydrogens is 570 g/mol. The van der Waals surface area contributed by atoms with Gasteiger partial charge in [-0.15, -0.1) is 0 Å². The number of nitrogens with zero attached hydrogens (tertiary/aromatic N) is 1. The number of morpholine rings is 1. The summed E-state index contributed by atoms with van der Waals surface area (Å²) in [5.41, 5.74) is -0.840. The summed E-state index contributed by atoms with van der Waals surface area (Å²) in [6, 6.07) is 0. The third kappa shape index (κ3) is 4.29. The molecule has 8 heteroatoms. The standard InChI is InChI=1S/C37H61NO7/c1-9-43-30(33(5,6)41)23-20-22(2)27-28(44-23)29(39)35(8)25-11-10-24-32(3,4)26(45-31(40)38-16-18-42-19-17-38)12-13-36(24)21-37(25,36)15-14-34(27,35)7/h22-30,39,41H,9-21H2,1-8H3/t22-,23?,24+,25?,26?,27?,28?,29+,30+,34-,35-,36-,37+/m1/s1. The molecule has 13 atom stereocenters. The van der Waals surface area contributed by atoms with Crippen LogP contribution in [0.15, 0.2) is 0 Å². The van der Waals surface area contributed by atoms with Crippen molar-refractivity contribution in [3.63, 3.8) is 0 Å². The summed E-state index contributed by atoms with van der Waals surface area (Å²) in [6.45, 7) is 20.5. The molecule has 2 saturated heterocycles. The Bertz CT molecular complexity index is 1160. The fourth-order valence-electron chi connectivity index (χ4n) is 13.6. The summed E-state index contributed by atoms with van der Waals surface area (Å²) in [5, 5.41) is 23.6. The van der Waals surface area contributed by atoms with E-state index < -0.39 is 17.8 Å². The molecule has 5 unspecified atom stereocenters. The van der Waals surface area contributed by atoms with E-state index in [1.165, 1.54) is 12.8 Å². The maximum atomic E-state index is 13.2. The molecule has 2 heterocycles. The van der Waals surface area contributed by atoms with Crippen molar-refractivity contribution in [2.24, 2.45) is 50.7 Å². The van der Waals surface area contributed by atoms with Gasteiger partial charge in [0.2, 0.25) is 0 Å². The highest BCUT2D eigenvalue weighted by molar-refractivity contribution is 5.68. The monoisotopic (exact) mass is 631 g/mol. The lowest BCUT2D eigenvalue weighted by Crippen LogP contribution is -2.60. The molecule has 5 saturated carbocycles. The zero-order chi connectivity index (χ0) is 32.4. The SMILES string of the molecule is CCO[C@@H](C1C[C@@H](C)C2C(O1)[C@H](O)[C@@]1(C)C3CC[C@H]4C(C)(C)C(OC(=O)N5CCOCC5)CC[C@@]45C[C@@]35CC[C@]21C)C(C)(C)O. The van der Waals surface area contributed by atoms with E-state index in [0.29, 0.717) is 50.7 Å². The molecular formula is C37H61NO7. The van der Waals surface area contributed by atoms with E-state index in [1.807, 2.05) is 25.7 Å². The Morgan fingerprint density at radius 2 is 1.69 bits per heavy atom. The maximum absolute atomic E-state index is 13.2. The van der Waals surface area contributed by atoms with Crippen molar-refractivity contribution in [3.05, 3.63) is 0 Å². The van der Waals surface area contributed by atoms with Gasteiger partial charge >= 0.3 is 6.09 Å². The fourth-order valence-corrected chi connectivity index (χ4v) is 13.6. The van der Waals surface area contributed by atoms with E-state index in [9.17, 15) is 15.0 Å². The highest BCUT2D eigenvalue weighted by atomic mass is 16.6. The van der Waals surface area contributed by atoms with Crippen LogP contribution in [0.2, 0.25) is 0 Å². The second kappa shape index (κ2) is 10.5. The van der Waals surface area contributed by atoms with E-state index in [-0.39, 0.29) is 57.4 Å². The number of hydrogen-bond acceptors (Lipinski definition) is 7. The van der Waals surface area contributed by atoms with E-state index in [1.54, 1.807) is 0 Å². The van der Waals surface area contributed by atoms with Crippen LogP contribution >= 0.6 is 0 Å². The highest BCUT2D eigenvalue weighted by Crippen LogP contribution is 2.89. The van der Waals surface area contributed by atoms with Crippen LogP contribution in [0.25, 0.3) is 0 Å². The largest absolute Gasteiger partial charge is 0.446 e. The number of fused-ring (bicyclic) bond motifs is 4. The minimum atomic E-state index is -1.03. The number of amides is 1. The number of hydrogen-bond donors (Lipinski definition) is 2. The normalized spacial score (nSPS) is 50.8. The van der Waals surface area contributed by atoms with Gasteiger partial charge in [0.15, 0.2) is 0 Å². The lowest BCUT2D eigenvalue weighted by Gasteiger charge is -2.63. The van der Waals surface area contributed by atoms with E-state index in [0.717, 1.165) is 38.5 Å². The van der Waals surface area contributed by atoms with Gasteiger partial charge < -0.3 is 34.1 Å². The zero-order valence-electron chi connectivity index (χ0n) is 29.3. The summed E-state index contributed by atoms with van der Waals surface area (Å²) >= 11 is 0. The molecule has 8 nitrogen and oxygen atoms in total. The Hall–Kier alpha value is -0.930. The molecule has 7 aliphatic rings. The Morgan fingerprint density at radius 1 is 1.02 bits per heavy atom. The topological polar surface area (TPSA) is 97.7 Å². The number of aliphatic hydroxyl groups excluding tert-OH is 1. The van der Waals surface area contributed by atoms with Crippen molar-refractivity contribution in [3.8, 4) is 0 Å². The van der Waals surface area contributed by atoms with Crippen LogP contribution in [-0.2, 0) is 18.9 Å². The van der Waals surface area contributed by atoms with Crippen LogP contribution in [0.4, 0.5) is 4.79 Å². The first-order valence-electron chi connectivity index (χ1n) is 18.3. The maximum Gasteiger partial charge on any atom is 0.410 e. The van der Waals surface area contributed by atoms with Crippen LogP contribution < -0.4 is 0 Å². The predicted molar refractivity (Wildman–Crippen MR) is 170 cm³/mol. The molecule has 0 bridgehead atoms. The number of aliphatic hydroxyl groups is 2. The number of rotatable bonds is 5. The second-order valence-electron chi connectivity index (χ2n) is 18.1. The molecule has 2 aliphatic heterocycles. The van der Waals surface area contributed by atoms with Crippen molar-refractivity contribution in [1.29, 1.82) is 0 Å². The lowest BCUT2D eigenvalue weighted by atomic mass is 9.41. The molecule has 5 aliphatic carbocycles. The first-order valence-corrected chi connectivity index (χ1v) is 18.3. The molecule has 2 N–H and O–H groups in total. The average molecular weight is 632 g/mol. The van der Waals surface area contributed by atoms with Crippen LogP contribution in [0.3, 0.4) is 0 Å². The summed E-state index contributed by atoms with van der Waals surface area (Å²) in [5.74, 6) is 1.63. The molecule has 7 rings (SSSR count). The van der Waals surface area contributed by atoms with Crippen molar-refractivity contribution >= 4 is 6.09 Å². The van der Waals surface area contributed by atoms with E-state index >= 15 is 0 Å². The predicted octanol–water partition coefficient (Wildman–Crippen LogP) is 5.81. The Labute approximate surface area is 271 Å².